The number of hydrogen-bond acceptors (Lipinski definition) is 3. The highest BCUT2D eigenvalue weighted by molar-refractivity contribution is 6.31. The first-order chi connectivity index (χ1) is 11.7. The van der Waals surface area contributed by atoms with Gasteiger partial charge < -0.3 is 19.5 Å². The van der Waals surface area contributed by atoms with Crippen LogP contribution in [0.2, 0.25) is 5.02 Å². The highest BCUT2D eigenvalue weighted by Gasteiger charge is 2.30. The van der Waals surface area contributed by atoms with Gasteiger partial charge in [-0.3, -0.25) is 0 Å². The van der Waals surface area contributed by atoms with Gasteiger partial charge in [-0.15, -0.1) is 0 Å². The molecule has 6 nitrogen and oxygen atoms in total. The Hall–Kier alpha value is -2.21. The van der Waals surface area contributed by atoms with Crippen LogP contribution in [0.5, 0.6) is 5.75 Å². The highest BCUT2D eigenvalue weighted by atomic mass is 35.5. The number of urea groups is 1. The molecule has 2 aliphatic rings. The molecule has 2 aromatic rings. The first kappa shape index (κ1) is 15.3. The van der Waals surface area contributed by atoms with Gasteiger partial charge in [0.05, 0.1) is 24.7 Å². The molecule has 7 heteroatoms. The first-order valence-electron chi connectivity index (χ1n) is 8.19. The van der Waals surface area contributed by atoms with Gasteiger partial charge in [-0.25, -0.2) is 9.78 Å². The minimum atomic E-state index is -0.0995. The fourth-order valence-electron chi connectivity index (χ4n) is 3.48. The Morgan fingerprint density at radius 1 is 1.46 bits per heavy atom. The van der Waals surface area contributed by atoms with Crippen molar-refractivity contribution in [3.8, 4) is 5.75 Å². The van der Waals surface area contributed by atoms with E-state index in [1.807, 2.05) is 21.7 Å². The Balaban J connectivity index is 1.50. The second-order valence-electron chi connectivity index (χ2n) is 6.22. The molecule has 4 rings (SSSR count). The van der Waals surface area contributed by atoms with Crippen LogP contribution in [0.25, 0.3) is 0 Å². The molecule has 1 aromatic heterocycles. The second kappa shape index (κ2) is 6.36. The van der Waals surface area contributed by atoms with Gasteiger partial charge in [0.1, 0.15) is 5.75 Å². The van der Waals surface area contributed by atoms with E-state index >= 15 is 0 Å². The summed E-state index contributed by atoms with van der Waals surface area (Å²) >= 11 is 6.16. The molecule has 0 aliphatic carbocycles. The molecular weight excluding hydrogens is 328 g/mol. The van der Waals surface area contributed by atoms with Crippen LogP contribution in [-0.2, 0) is 13.0 Å². The number of carbonyl (C=O) groups is 1. The lowest BCUT2D eigenvalue weighted by atomic mass is 10.1. The smallest absolute Gasteiger partial charge is 0.322 e. The van der Waals surface area contributed by atoms with E-state index in [2.05, 4.69) is 10.3 Å². The van der Waals surface area contributed by atoms with E-state index in [1.54, 1.807) is 18.6 Å². The van der Waals surface area contributed by atoms with E-state index in [0.29, 0.717) is 17.3 Å². The average molecular weight is 347 g/mol. The van der Waals surface area contributed by atoms with Crippen molar-refractivity contribution in [1.82, 2.24) is 14.5 Å². The van der Waals surface area contributed by atoms with Crippen LogP contribution < -0.4 is 10.1 Å². The number of fused-ring (bicyclic) bond motifs is 1. The maximum atomic E-state index is 12.8. The van der Waals surface area contributed by atoms with Crippen molar-refractivity contribution in [3.05, 3.63) is 41.4 Å². The summed E-state index contributed by atoms with van der Waals surface area (Å²) in [5.41, 5.74) is 1.71. The Morgan fingerprint density at radius 3 is 3.21 bits per heavy atom. The molecule has 1 N–H and O–H groups in total. The van der Waals surface area contributed by atoms with Gasteiger partial charge in [-0.1, -0.05) is 11.6 Å². The summed E-state index contributed by atoms with van der Waals surface area (Å²) in [4.78, 5) is 18.7. The van der Waals surface area contributed by atoms with Crippen molar-refractivity contribution in [2.24, 2.45) is 0 Å². The molecule has 2 aliphatic heterocycles. The van der Waals surface area contributed by atoms with Gasteiger partial charge in [0, 0.05) is 42.5 Å². The zero-order chi connectivity index (χ0) is 16.5. The van der Waals surface area contributed by atoms with Gasteiger partial charge in [0.15, 0.2) is 0 Å². The van der Waals surface area contributed by atoms with Crippen molar-refractivity contribution in [2.45, 2.75) is 31.8 Å². The van der Waals surface area contributed by atoms with Gasteiger partial charge in [0.2, 0.25) is 0 Å². The largest absolute Gasteiger partial charge is 0.491 e. The summed E-state index contributed by atoms with van der Waals surface area (Å²) < 4.78 is 7.67. The summed E-state index contributed by atoms with van der Waals surface area (Å²) in [6.45, 7) is 2.15. The lowest BCUT2D eigenvalue weighted by Crippen LogP contribution is -2.40. The lowest BCUT2D eigenvalue weighted by molar-refractivity contribution is 0.201. The molecule has 1 atom stereocenters. The number of ether oxygens (including phenoxy) is 1. The summed E-state index contributed by atoms with van der Waals surface area (Å²) in [6.07, 6.45) is 8.29. The number of hydrogen-bond donors (Lipinski definition) is 1. The number of nitrogens with zero attached hydrogens (tertiary/aromatic N) is 3. The lowest BCUT2D eigenvalue weighted by Gasteiger charge is -2.25. The SMILES string of the molecule is O=C(Nc1cc(Cl)cc2c1OCC2)N1CCC[C@@H]1Cn1ccnc1. The number of benzene rings is 1. The summed E-state index contributed by atoms with van der Waals surface area (Å²) in [7, 11) is 0. The number of rotatable bonds is 3. The molecule has 0 saturated carbocycles. The van der Waals surface area contributed by atoms with Crippen molar-refractivity contribution in [3.63, 3.8) is 0 Å². The monoisotopic (exact) mass is 346 g/mol. The van der Waals surface area contributed by atoms with Gasteiger partial charge in [-0.2, -0.15) is 0 Å². The topological polar surface area (TPSA) is 59.4 Å². The van der Waals surface area contributed by atoms with Crippen LogP contribution in [0.3, 0.4) is 0 Å². The quantitative estimate of drug-likeness (QED) is 0.928. The predicted octanol–water partition coefficient (Wildman–Crippen LogP) is 3.17. The van der Waals surface area contributed by atoms with Crippen LogP contribution in [0, 0.1) is 0 Å². The van der Waals surface area contributed by atoms with Gasteiger partial charge >= 0.3 is 6.03 Å². The van der Waals surface area contributed by atoms with Gasteiger partial charge in [-0.05, 0) is 25.0 Å². The number of carbonyl (C=O) groups excluding carboxylic acids is 1. The number of amides is 2. The molecule has 1 aromatic carbocycles. The van der Waals surface area contributed by atoms with Crippen LogP contribution in [0.1, 0.15) is 18.4 Å². The van der Waals surface area contributed by atoms with E-state index in [9.17, 15) is 4.79 Å². The summed E-state index contributed by atoms with van der Waals surface area (Å²) in [6, 6.07) is 3.73. The number of aromatic nitrogens is 2. The fraction of sp³-hybridized carbons (Fsp3) is 0.412. The van der Waals surface area contributed by atoms with Crippen LogP contribution in [0.15, 0.2) is 30.9 Å². The van der Waals surface area contributed by atoms with Crippen LogP contribution in [-0.4, -0.2) is 39.7 Å². The van der Waals surface area contributed by atoms with E-state index in [4.69, 9.17) is 16.3 Å². The normalized spacial score (nSPS) is 19.2. The van der Waals surface area contributed by atoms with E-state index < -0.39 is 0 Å². The third kappa shape index (κ3) is 2.94. The zero-order valence-corrected chi connectivity index (χ0v) is 14.0. The van der Waals surface area contributed by atoms with Crippen LogP contribution >= 0.6 is 11.6 Å². The summed E-state index contributed by atoms with van der Waals surface area (Å²) in [5, 5.41) is 3.60. The Bertz CT molecular complexity index is 747. The molecule has 1 saturated heterocycles. The first-order valence-corrected chi connectivity index (χ1v) is 8.57. The molecule has 3 heterocycles. The maximum Gasteiger partial charge on any atom is 0.322 e. The van der Waals surface area contributed by atoms with E-state index in [0.717, 1.165) is 43.7 Å². The van der Waals surface area contributed by atoms with E-state index in [-0.39, 0.29) is 12.1 Å². The molecule has 24 heavy (non-hydrogen) atoms. The minimum Gasteiger partial charge on any atom is -0.491 e. The molecule has 1 fully saturated rings. The molecule has 126 valence electrons. The number of nitrogens with one attached hydrogen (secondary N) is 1. The molecule has 0 spiro atoms. The molecule has 0 unspecified atom stereocenters. The molecular formula is C17H19ClN4O2. The molecule has 0 radical (unpaired) electrons. The highest BCUT2D eigenvalue weighted by Crippen LogP contribution is 2.37. The Morgan fingerprint density at radius 2 is 2.38 bits per heavy atom. The average Bonchev–Trinajstić information content (AvgIpc) is 3.27. The number of imidazole rings is 1. The number of likely N-dealkylation sites (tertiary alicyclic amines) is 1. The summed E-state index contributed by atoms with van der Waals surface area (Å²) in [5.74, 6) is 0.748. The van der Waals surface area contributed by atoms with Crippen molar-refractivity contribution < 1.29 is 9.53 Å². The Kier molecular flexibility index (Phi) is 4.06. The van der Waals surface area contributed by atoms with E-state index in [1.165, 1.54) is 0 Å². The minimum absolute atomic E-state index is 0.0995. The second-order valence-corrected chi connectivity index (χ2v) is 6.66. The maximum absolute atomic E-state index is 12.8. The zero-order valence-electron chi connectivity index (χ0n) is 13.2. The molecule has 0 bridgehead atoms. The fourth-order valence-corrected chi connectivity index (χ4v) is 3.72. The van der Waals surface area contributed by atoms with Crippen molar-refractivity contribution >= 4 is 23.3 Å². The predicted molar refractivity (Wildman–Crippen MR) is 91.6 cm³/mol. The van der Waals surface area contributed by atoms with Gasteiger partial charge in [0.25, 0.3) is 0 Å². The standard InChI is InChI=1S/C17H19ClN4O2/c18-13-8-12-3-7-24-16(12)15(9-13)20-17(23)22-5-1-2-14(22)10-21-6-4-19-11-21/h4,6,8-9,11,14H,1-3,5,7,10H2,(H,20,23)/t14-/m1/s1. The number of halogens is 1. The van der Waals surface area contributed by atoms with Crippen molar-refractivity contribution in [2.75, 3.05) is 18.5 Å². The van der Waals surface area contributed by atoms with Crippen LogP contribution in [0.4, 0.5) is 10.5 Å². The van der Waals surface area contributed by atoms with Crippen molar-refractivity contribution in [1.29, 1.82) is 0 Å². The number of anilines is 1. The third-order valence-electron chi connectivity index (χ3n) is 4.61. The molecule has 2 amide bonds. The third-order valence-corrected chi connectivity index (χ3v) is 4.83. The Labute approximate surface area is 145 Å².